The van der Waals surface area contributed by atoms with Crippen molar-refractivity contribution in [2.75, 3.05) is 0 Å². The number of aliphatic carboxylic acids is 2. The molecule has 0 saturated heterocycles. The summed E-state index contributed by atoms with van der Waals surface area (Å²) in [5.74, 6) is -6.17. The zero-order chi connectivity index (χ0) is 27.2. The number of hydrogen-bond donors (Lipinski definition) is 2. The summed E-state index contributed by atoms with van der Waals surface area (Å²) in [7, 11) is -3.83. The topological polar surface area (TPSA) is 131 Å². The molecule has 16 heteroatoms. The van der Waals surface area contributed by atoms with E-state index in [1.165, 1.54) is 24.4 Å². The van der Waals surface area contributed by atoms with Gasteiger partial charge in [-0.2, -0.15) is 26.3 Å². The first-order valence-corrected chi connectivity index (χ1v) is 10.0. The lowest BCUT2D eigenvalue weighted by Crippen LogP contribution is -2.21. The van der Waals surface area contributed by atoms with Gasteiger partial charge in [0.1, 0.15) is 5.82 Å². The Balaban J connectivity index is 0.000000362. The lowest BCUT2D eigenvalue weighted by Gasteiger charge is -2.08. The van der Waals surface area contributed by atoms with Crippen LogP contribution in [0, 0.1) is 5.82 Å². The number of aldehydes is 1. The van der Waals surface area contributed by atoms with Crippen LogP contribution in [0.25, 0.3) is 10.9 Å². The van der Waals surface area contributed by atoms with Gasteiger partial charge in [-0.15, -0.1) is 0 Å². The largest absolute Gasteiger partial charge is 0.490 e. The number of nitrogens with zero attached hydrogens (tertiary/aromatic N) is 1. The molecule has 0 aliphatic carbocycles. The van der Waals surface area contributed by atoms with Crippen LogP contribution in [0.1, 0.15) is 10.4 Å². The van der Waals surface area contributed by atoms with Crippen molar-refractivity contribution in [1.82, 2.24) is 3.97 Å². The Kier molecular flexibility index (Phi) is 9.13. The summed E-state index contributed by atoms with van der Waals surface area (Å²) >= 11 is 0. The molecule has 0 aliphatic rings. The molecule has 8 nitrogen and oxygen atoms in total. The molecule has 0 spiro atoms. The maximum Gasteiger partial charge on any atom is 0.490 e. The minimum absolute atomic E-state index is 0.0967. The van der Waals surface area contributed by atoms with E-state index in [1.807, 2.05) is 0 Å². The molecule has 0 saturated carbocycles. The highest BCUT2D eigenvalue weighted by Gasteiger charge is 2.38. The normalized spacial score (nSPS) is 11.5. The highest BCUT2D eigenvalue weighted by molar-refractivity contribution is 7.90. The number of aromatic nitrogens is 1. The first-order valence-electron chi connectivity index (χ1n) is 8.59. The molecule has 35 heavy (non-hydrogen) atoms. The van der Waals surface area contributed by atoms with Crippen LogP contribution < -0.4 is 0 Å². The average Bonchev–Trinajstić information content (AvgIpc) is 3.18. The van der Waals surface area contributed by atoms with Gasteiger partial charge in [0, 0.05) is 17.1 Å². The Morgan fingerprint density at radius 3 is 1.71 bits per heavy atom. The fraction of sp³-hybridized carbons (Fsp3) is 0.105. The number of carbonyl (C=O) groups excluding carboxylic acids is 1. The fourth-order valence-electron chi connectivity index (χ4n) is 2.22. The van der Waals surface area contributed by atoms with Gasteiger partial charge in [0.25, 0.3) is 10.0 Å². The number of benzene rings is 2. The lowest BCUT2D eigenvalue weighted by atomic mass is 10.1. The van der Waals surface area contributed by atoms with Gasteiger partial charge in [-0.25, -0.2) is 26.4 Å². The molecule has 0 radical (unpaired) electrons. The van der Waals surface area contributed by atoms with Crippen LogP contribution in [0.5, 0.6) is 0 Å². The van der Waals surface area contributed by atoms with E-state index >= 15 is 0 Å². The number of fused-ring (bicyclic) bond motifs is 1. The summed E-state index contributed by atoms with van der Waals surface area (Å²) < 4.78 is 103. The van der Waals surface area contributed by atoms with Crippen LogP contribution >= 0.6 is 0 Å². The lowest BCUT2D eigenvalue weighted by molar-refractivity contribution is -0.193. The molecular weight excluding hydrogens is 519 g/mol. The second kappa shape index (κ2) is 11.0. The SMILES string of the molecule is O=C(O)C(F)(F)F.O=C(O)C(F)(F)F.O=Cc1cc(F)cc2c1ccn2S(=O)(=O)c1ccccc1. The minimum atomic E-state index is -5.08. The Morgan fingerprint density at radius 1 is 0.857 bits per heavy atom. The van der Waals surface area contributed by atoms with E-state index in [1.54, 1.807) is 18.2 Å². The average molecular weight is 531 g/mol. The van der Waals surface area contributed by atoms with Crippen LogP contribution in [0.15, 0.2) is 59.6 Å². The van der Waals surface area contributed by atoms with E-state index in [-0.39, 0.29) is 16.0 Å². The van der Waals surface area contributed by atoms with Crippen LogP contribution in [-0.4, -0.2) is 53.2 Å². The Morgan fingerprint density at radius 2 is 1.31 bits per heavy atom. The molecule has 1 heterocycles. The molecule has 0 amide bonds. The Labute approximate surface area is 190 Å². The fourth-order valence-corrected chi connectivity index (χ4v) is 3.58. The molecule has 3 rings (SSSR count). The summed E-state index contributed by atoms with van der Waals surface area (Å²) in [5, 5.41) is 14.6. The van der Waals surface area contributed by atoms with Crippen LogP contribution in [-0.2, 0) is 19.6 Å². The van der Waals surface area contributed by atoms with Crippen molar-refractivity contribution >= 4 is 39.2 Å². The third kappa shape index (κ3) is 7.80. The van der Waals surface area contributed by atoms with Crippen molar-refractivity contribution in [2.45, 2.75) is 17.2 Å². The van der Waals surface area contributed by atoms with Crippen molar-refractivity contribution in [3.05, 3.63) is 66.1 Å². The van der Waals surface area contributed by atoms with E-state index in [9.17, 15) is 43.9 Å². The van der Waals surface area contributed by atoms with Crippen molar-refractivity contribution < 1.29 is 63.7 Å². The third-order valence-electron chi connectivity index (χ3n) is 3.68. The predicted octanol–water partition coefficient (Wildman–Crippen LogP) is 4.10. The van der Waals surface area contributed by atoms with Crippen molar-refractivity contribution in [2.24, 2.45) is 0 Å². The van der Waals surface area contributed by atoms with Gasteiger partial charge in [-0.3, -0.25) is 4.79 Å². The molecule has 0 unspecified atom stereocenters. The van der Waals surface area contributed by atoms with Gasteiger partial charge < -0.3 is 10.2 Å². The quantitative estimate of drug-likeness (QED) is 0.385. The smallest absolute Gasteiger partial charge is 0.475 e. The second-order valence-corrected chi connectivity index (χ2v) is 7.90. The van der Waals surface area contributed by atoms with Gasteiger partial charge in [0.2, 0.25) is 0 Å². The predicted molar refractivity (Wildman–Crippen MR) is 104 cm³/mol. The monoisotopic (exact) mass is 531 g/mol. The highest BCUT2D eigenvalue weighted by Crippen LogP contribution is 2.25. The number of carboxylic acid groups (broad SMARTS) is 2. The Hall–Kier alpha value is -3.95. The summed E-state index contributed by atoms with van der Waals surface area (Å²) in [6, 6.07) is 11.5. The van der Waals surface area contributed by atoms with Crippen molar-refractivity contribution in [3.8, 4) is 0 Å². The molecule has 190 valence electrons. The highest BCUT2D eigenvalue weighted by atomic mass is 32.2. The summed E-state index contributed by atoms with van der Waals surface area (Å²) in [6.45, 7) is 0. The summed E-state index contributed by atoms with van der Waals surface area (Å²) in [6.07, 6.45) is -8.34. The maximum atomic E-state index is 13.6. The van der Waals surface area contributed by atoms with Gasteiger partial charge in [-0.1, -0.05) is 18.2 Å². The van der Waals surface area contributed by atoms with Crippen molar-refractivity contribution in [1.29, 1.82) is 0 Å². The zero-order valence-electron chi connectivity index (χ0n) is 16.7. The first kappa shape index (κ1) is 29.1. The van der Waals surface area contributed by atoms with E-state index in [0.717, 1.165) is 16.1 Å². The van der Waals surface area contributed by atoms with Gasteiger partial charge >= 0.3 is 24.3 Å². The molecular formula is C19H12F7NO7S. The second-order valence-electron chi connectivity index (χ2n) is 6.08. The summed E-state index contributed by atoms with van der Waals surface area (Å²) in [5.41, 5.74) is 0.257. The minimum Gasteiger partial charge on any atom is -0.475 e. The third-order valence-corrected chi connectivity index (χ3v) is 5.39. The van der Waals surface area contributed by atoms with Gasteiger partial charge in [-0.05, 0) is 30.3 Å². The summed E-state index contributed by atoms with van der Waals surface area (Å²) in [4.78, 5) is 28.9. The number of rotatable bonds is 3. The molecule has 3 aromatic rings. The number of hydrogen-bond acceptors (Lipinski definition) is 5. The van der Waals surface area contributed by atoms with Crippen LogP contribution in [0.2, 0.25) is 0 Å². The van der Waals surface area contributed by atoms with Gasteiger partial charge in [0.05, 0.1) is 10.4 Å². The van der Waals surface area contributed by atoms with Crippen LogP contribution in [0.4, 0.5) is 30.7 Å². The van der Waals surface area contributed by atoms with E-state index < -0.39 is 40.1 Å². The number of alkyl halides is 6. The van der Waals surface area contributed by atoms with Crippen LogP contribution in [0.3, 0.4) is 0 Å². The molecule has 0 fully saturated rings. The molecule has 2 aromatic carbocycles. The van der Waals surface area contributed by atoms with Gasteiger partial charge in [0.15, 0.2) is 6.29 Å². The number of halogens is 7. The Bertz CT molecular complexity index is 1290. The zero-order valence-corrected chi connectivity index (χ0v) is 17.5. The van der Waals surface area contributed by atoms with E-state index in [2.05, 4.69) is 0 Å². The standard InChI is InChI=1S/C15H10FNO3S.2C2HF3O2/c16-12-8-11(10-18)14-6-7-17(15(14)9-12)21(19,20)13-4-2-1-3-5-13;2*3-2(4,5)1(6)7/h1-10H;2*(H,6,7). The number of carboxylic acids is 2. The molecule has 0 atom stereocenters. The molecule has 0 aliphatic heterocycles. The molecule has 1 aromatic heterocycles. The van der Waals surface area contributed by atoms with E-state index in [4.69, 9.17) is 19.8 Å². The van der Waals surface area contributed by atoms with E-state index in [0.29, 0.717) is 11.7 Å². The maximum absolute atomic E-state index is 13.6. The number of carbonyl (C=O) groups is 3. The molecule has 2 N–H and O–H groups in total. The first-order chi connectivity index (χ1) is 15.9. The van der Waals surface area contributed by atoms with Crippen molar-refractivity contribution in [3.63, 3.8) is 0 Å². The molecule has 0 bridgehead atoms.